The number of amides is 2. The monoisotopic (exact) mass is 239 g/mol. The summed E-state index contributed by atoms with van der Waals surface area (Å²) >= 11 is 0. The lowest BCUT2D eigenvalue weighted by atomic mass is 10.3. The fourth-order valence-electron chi connectivity index (χ4n) is 1.73. The molecule has 0 aromatic heterocycles. The molecule has 0 aliphatic carbocycles. The van der Waals surface area contributed by atoms with Crippen molar-refractivity contribution in [2.75, 3.05) is 46.3 Å². The molecule has 1 rings (SSSR count). The van der Waals surface area contributed by atoms with E-state index in [1.807, 2.05) is 4.90 Å². The van der Waals surface area contributed by atoms with Gasteiger partial charge in [-0.15, -0.1) is 6.42 Å². The summed E-state index contributed by atoms with van der Waals surface area (Å²) in [7, 11) is 1.66. The van der Waals surface area contributed by atoms with Crippen molar-refractivity contribution < 1.29 is 14.7 Å². The lowest BCUT2D eigenvalue weighted by molar-refractivity contribution is -0.138. The Morgan fingerprint density at radius 3 is 2.41 bits per heavy atom. The van der Waals surface area contributed by atoms with E-state index in [0.717, 1.165) is 0 Å². The summed E-state index contributed by atoms with van der Waals surface area (Å²) in [6, 6.07) is -0.0991. The van der Waals surface area contributed by atoms with Crippen molar-refractivity contribution in [3.63, 3.8) is 0 Å². The average Bonchev–Trinajstić information content (AvgIpc) is 2.28. The zero-order chi connectivity index (χ0) is 12.8. The van der Waals surface area contributed by atoms with Gasteiger partial charge in [0.25, 0.3) is 0 Å². The van der Waals surface area contributed by atoms with Gasteiger partial charge in [0.1, 0.15) is 0 Å². The van der Waals surface area contributed by atoms with Crippen LogP contribution in [0, 0.1) is 12.3 Å². The summed E-state index contributed by atoms with van der Waals surface area (Å²) in [5.74, 6) is 1.57. The van der Waals surface area contributed by atoms with E-state index in [9.17, 15) is 9.59 Å². The summed E-state index contributed by atoms with van der Waals surface area (Å²) in [5, 5.41) is 8.65. The summed E-state index contributed by atoms with van der Waals surface area (Å²) in [4.78, 5) is 27.3. The quantitative estimate of drug-likeness (QED) is 0.666. The maximum Gasteiger partial charge on any atom is 0.320 e. The number of piperazine rings is 1. The van der Waals surface area contributed by atoms with Gasteiger partial charge < -0.3 is 14.9 Å². The molecule has 1 saturated heterocycles. The SMILES string of the molecule is C#CCN(C)C(=O)N1CCN(CC(=O)O)CC1. The number of rotatable bonds is 3. The van der Waals surface area contributed by atoms with Crippen molar-refractivity contribution in [3.05, 3.63) is 0 Å². The molecule has 0 atom stereocenters. The van der Waals surface area contributed by atoms with E-state index in [2.05, 4.69) is 5.92 Å². The molecule has 0 radical (unpaired) electrons. The number of urea groups is 1. The number of carboxylic acids is 1. The lowest BCUT2D eigenvalue weighted by Crippen LogP contribution is -2.52. The van der Waals surface area contributed by atoms with E-state index in [1.54, 1.807) is 11.9 Å². The van der Waals surface area contributed by atoms with Crippen LogP contribution in [-0.4, -0.2) is 78.1 Å². The van der Waals surface area contributed by atoms with Gasteiger partial charge in [0.2, 0.25) is 0 Å². The molecule has 94 valence electrons. The van der Waals surface area contributed by atoms with Gasteiger partial charge in [-0.25, -0.2) is 4.79 Å². The highest BCUT2D eigenvalue weighted by Gasteiger charge is 2.23. The van der Waals surface area contributed by atoms with Gasteiger partial charge in [0.15, 0.2) is 0 Å². The predicted molar refractivity (Wildman–Crippen MR) is 62.5 cm³/mol. The Morgan fingerprint density at radius 1 is 1.35 bits per heavy atom. The molecule has 0 bridgehead atoms. The number of aliphatic carboxylic acids is 1. The summed E-state index contributed by atoms with van der Waals surface area (Å²) < 4.78 is 0. The smallest absolute Gasteiger partial charge is 0.320 e. The fourth-order valence-corrected chi connectivity index (χ4v) is 1.73. The summed E-state index contributed by atoms with van der Waals surface area (Å²) in [6.07, 6.45) is 5.14. The minimum atomic E-state index is -0.839. The van der Waals surface area contributed by atoms with Crippen molar-refractivity contribution in [1.82, 2.24) is 14.7 Å². The fraction of sp³-hybridized carbons (Fsp3) is 0.636. The summed E-state index contributed by atoms with van der Waals surface area (Å²) in [5.41, 5.74) is 0. The molecule has 0 aromatic rings. The Hall–Kier alpha value is -1.74. The number of hydrogen-bond acceptors (Lipinski definition) is 3. The Kier molecular flexibility index (Phi) is 4.79. The van der Waals surface area contributed by atoms with Crippen LogP contribution < -0.4 is 0 Å². The first-order valence-corrected chi connectivity index (χ1v) is 5.42. The third-order valence-electron chi connectivity index (χ3n) is 2.66. The van der Waals surface area contributed by atoms with E-state index in [0.29, 0.717) is 26.2 Å². The number of carbonyl (C=O) groups is 2. The van der Waals surface area contributed by atoms with Crippen LogP contribution in [0.2, 0.25) is 0 Å². The molecule has 1 fully saturated rings. The molecule has 6 nitrogen and oxygen atoms in total. The van der Waals surface area contributed by atoms with Crippen LogP contribution in [0.25, 0.3) is 0 Å². The molecule has 0 unspecified atom stereocenters. The highest BCUT2D eigenvalue weighted by atomic mass is 16.4. The van der Waals surface area contributed by atoms with Crippen molar-refractivity contribution in [1.29, 1.82) is 0 Å². The maximum absolute atomic E-state index is 11.8. The van der Waals surface area contributed by atoms with Gasteiger partial charge in [-0.2, -0.15) is 0 Å². The molecule has 0 spiro atoms. The van der Waals surface area contributed by atoms with Crippen molar-refractivity contribution >= 4 is 12.0 Å². The molecule has 1 N–H and O–H groups in total. The Balaban J connectivity index is 2.39. The Labute approximate surface area is 101 Å². The van der Waals surface area contributed by atoms with Crippen molar-refractivity contribution in [2.45, 2.75) is 0 Å². The standard InChI is InChI=1S/C11H17N3O3/c1-3-4-12(2)11(17)14-7-5-13(6-8-14)9-10(15)16/h1H,4-9H2,2H3,(H,15,16). The van der Waals surface area contributed by atoms with Gasteiger partial charge in [0, 0.05) is 33.2 Å². The third-order valence-corrected chi connectivity index (χ3v) is 2.66. The first-order chi connectivity index (χ1) is 8.04. The zero-order valence-corrected chi connectivity index (χ0v) is 9.93. The molecule has 6 heteroatoms. The Morgan fingerprint density at radius 2 is 1.94 bits per heavy atom. The van der Waals surface area contributed by atoms with Crippen LogP contribution in [0.4, 0.5) is 4.79 Å². The molecular weight excluding hydrogens is 222 g/mol. The topological polar surface area (TPSA) is 64.1 Å². The molecule has 0 saturated carbocycles. The van der Waals surface area contributed by atoms with Gasteiger partial charge in [-0.1, -0.05) is 5.92 Å². The molecular formula is C11H17N3O3. The second kappa shape index (κ2) is 6.11. The number of terminal acetylenes is 1. The van der Waals surface area contributed by atoms with E-state index < -0.39 is 5.97 Å². The molecule has 1 heterocycles. The first-order valence-electron chi connectivity index (χ1n) is 5.42. The van der Waals surface area contributed by atoms with Gasteiger partial charge >= 0.3 is 12.0 Å². The second-order valence-corrected chi connectivity index (χ2v) is 4.00. The highest BCUT2D eigenvalue weighted by Crippen LogP contribution is 2.04. The van der Waals surface area contributed by atoms with Gasteiger partial charge in [-0.05, 0) is 0 Å². The maximum atomic E-state index is 11.8. The largest absolute Gasteiger partial charge is 0.480 e. The normalized spacial score (nSPS) is 16.4. The van der Waals surface area contributed by atoms with Gasteiger partial charge in [-0.3, -0.25) is 9.69 Å². The van der Waals surface area contributed by atoms with Crippen LogP contribution in [0.3, 0.4) is 0 Å². The van der Waals surface area contributed by atoms with E-state index in [4.69, 9.17) is 11.5 Å². The van der Waals surface area contributed by atoms with E-state index >= 15 is 0 Å². The number of nitrogens with zero attached hydrogens (tertiary/aromatic N) is 3. The predicted octanol–water partition coefficient (Wildman–Crippen LogP) is -0.626. The van der Waals surface area contributed by atoms with E-state index in [-0.39, 0.29) is 19.1 Å². The van der Waals surface area contributed by atoms with Crippen molar-refractivity contribution in [3.8, 4) is 12.3 Å². The van der Waals surface area contributed by atoms with Crippen LogP contribution >= 0.6 is 0 Å². The molecule has 1 aliphatic rings. The highest BCUT2D eigenvalue weighted by molar-refractivity contribution is 5.74. The van der Waals surface area contributed by atoms with Crippen LogP contribution in [-0.2, 0) is 4.79 Å². The minimum absolute atomic E-state index is 0.0300. The van der Waals surface area contributed by atoms with E-state index in [1.165, 1.54) is 4.90 Å². The van der Waals surface area contributed by atoms with Crippen LogP contribution in [0.15, 0.2) is 0 Å². The Bertz CT molecular complexity index is 329. The molecule has 0 aromatic carbocycles. The van der Waals surface area contributed by atoms with Crippen molar-refractivity contribution in [2.24, 2.45) is 0 Å². The zero-order valence-electron chi connectivity index (χ0n) is 9.93. The second-order valence-electron chi connectivity index (χ2n) is 4.00. The molecule has 17 heavy (non-hydrogen) atoms. The lowest BCUT2D eigenvalue weighted by Gasteiger charge is -2.35. The third kappa shape index (κ3) is 3.96. The number of hydrogen-bond donors (Lipinski definition) is 1. The molecule has 1 aliphatic heterocycles. The number of carboxylic acid groups (broad SMARTS) is 1. The minimum Gasteiger partial charge on any atom is -0.480 e. The van der Waals surface area contributed by atoms with Gasteiger partial charge in [0.05, 0.1) is 13.1 Å². The number of carbonyl (C=O) groups excluding carboxylic acids is 1. The molecule has 2 amide bonds. The first kappa shape index (κ1) is 13.3. The van der Waals surface area contributed by atoms with Crippen LogP contribution in [0.5, 0.6) is 0 Å². The van der Waals surface area contributed by atoms with Crippen LogP contribution in [0.1, 0.15) is 0 Å². The summed E-state index contributed by atoms with van der Waals surface area (Å²) in [6.45, 7) is 2.57. The average molecular weight is 239 g/mol.